The molecule has 4 aromatic rings. The van der Waals surface area contributed by atoms with Gasteiger partial charge in [-0.2, -0.15) is 0 Å². The fourth-order valence-corrected chi connectivity index (χ4v) is 4.59. The summed E-state index contributed by atoms with van der Waals surface area (Å²) < 4.78 is 15.3. The van der Waals surface area contributed by atoms with Crippen molar-refractivity contribution in [2.24, 2.45) is 0 Å². The summed E-state index contributed by atoms with van der Waals surface area (Å²) in [5, 5.41) is 12.0. The number of amides is 1. The van der Waals surface area contributed by atoms with Crippen LogP contribution in [0.3, 0.4) is 0 Å². The highest BCUT2D eigenvalue weighted by molar-refractivity contribution is 8.00. The lowest BCUT2D eigenvalue weighted by Crippen LogP contribution is -2.19. The Labute approximate surface area is 189 Å². The lowest BCUT2D eigenvalue weighted by molar-refractivity contribution is -0.115. The summed E-state index contributed by atoms with van der Waals surface area (Å²) in [6.07, 6.45) is 2.20. The van der Waals surface area contributed by atoms with E-state index in [0.717, 1.165) is 29.9 Å². The van der Waals surface area contributed by atoms with E-state index in [0.29, 0.717) is 16.8 Å². The second-order valence-corrected chi connectivity index (χ2v) is 8.76. The molecule has 1 aliphatic carbocycles. The highest BCUT2D eigenvalue weighted by Crippen LogP contribution is 2.43. The molecule has 0 aliphatic heterocycles. The molecule has 7 heteroatoms. The van der Waals surface area contributed by atoms with Gasteiger partial charge in [0.15, 0.2) is 5.16 Å². The molecule has 1 heterocycles. The topological polar surface area (TPSA) is 59.8 Å². The van der Waals surface area contributed by atoms with Crippen LogP contribution >= 0.6 is 11.8 Å². The van der Waals surface area contributed by atoms with E-state index < -0.39 is 5.25 Å². The third kappa shape index (κ3) is 4.43. The molecular formula is C25H21FN4OS. The summed E-state index contributed by atoms with van der Waals surface area (Å²) in [6, 6.07) is 25.3. The first-order chi connectivity index (χ1) is 15.7. The Bertz CT molecular complexity index is 1210. The summed E-state index contributed by atoms with van der Waals surface area (Å²) >= 11 is 1.36. The number of carbonyl (C=O) groups excluding carboxylic acids is 1. The largest absolute Gasteiger partial charge is 0.325 e. The first kappa shape index (κ1) is 20.5. The Balaban J connectivity index is 1.49. The smallest absolute Gasteiger partial charge is 0.242 e. The second kappa shape index (κ2) is 8.96. The Morgan fingerprint density at radius 2 is 1.59 bits per heavy atom. The molecule has 1 saturated carbocycles. The van der Waals surface area contributed by atoms with Crippen LogP contribution in [-0.2, 0) is 4.79 Å². The maximum absolute atomic E-state index is 13.3. The average molecular weight is 445 g/mol. The highest BCUT2D eigenvalue weighted by Gasteiger charge is 2.33. The van der Waals surface area contributed by atoms with Crippen molar-refractivity contribution in [2.75, 3.05) is 5.32 Å². The number of thioether (sulfide) groups is 1. The quantitative estimate of drug-likeness (QED) is 0.369. The van der Waals surface area contributed by atoms with Gasteiger partial charge in [0.05, 0.1) is 0 Å². The van der Waals surface area contributed by atoms with Crippen LogP contribution in [0.5, 0.6) is 0 Å². The van der Waals surface area contributed by atoms with Crippen molar-refractivity contribution in [1.82, 2.24) is 14.8 Å². The standard InChI is InChI=1S/C25H21FN4OS/c26-19-13-15-20(16-14-19)27-24(31)22(17-7-3-1-4-8-17)32-25-29-28-23(18-11-12-18)30(25)21-9-5-2-6-10-21/h1-10,13-16,18,22H,11-12H2,(H,27,31)/t22-/m1/s1. The Morgan fingerprint density at radius 1 is 0.938 bits per heavy atom. The average Bonchev–Trinajstić information content (AvgIpc) is 3.59. The number of nitrogens with one attached hydrogen (secondary N) is 1. The van der Waals surface area contributed by atoms with Crippen LogP contribution in [0.2, 0.25) is 0 Å². The van der Waals surface area contributed by atoms with Crippen molar-refractivity contribution in [3.63, 3.8) is 0 Å². The number of nitrogens with zero attached hydrogens (tertiary/aromatic N) is 3. The molecule has 1 aromatic heterocycles. The minimum absolute atomic E-state index is 0.205. The maximum Gasteiger partial charge on any atom is 0.242 e. The third-order valence-corrected chi connectivity index (χ3v) is 6.49. The zero-order chi connectivity index (χ0) is 21.9. The van der Waals surface area contributed by atoms with E-state index in [9.17, 15) is 9.18 Å². The summed E-state index contributed by atoms with van der Waals surface area (Å²) in [7, 11) is 0. The van der Waals surface area contributed by atoms with Crippen LogP contribution in [0.15, 0.2) is 90.1 Å². The normalized spacial score (nSPS) is 14.2. The number of anilines is 1. The van der Waals surface area contributed by atoms with Crippen molar-refractivity contribution in [2.45, 2.75) is 29.2 Å². The van der Waals surface area contributed by atoms with Gasteiger partial charge in [-0.3, -0.25) is 9.36 Å². The van der Waals surface area contributed by atoms with Crippen LogP contribution in [0.25, 0.3) is 5.69 Å². The number of rotatable bonds is 7. The molecule has 160 valence electrons. The molecule has 3 aromatic carbocycles. The van der Waals surface area contributed by atoms with Crippen molar-refractivity contribution < 1.29 is 9.18 Å². The maximum atomic E-state index is 13.3. The van der Waals surface area contributed by atoms with Crippen LogP contribution in [0, 0.1) is 5.82 Å². The van der Waals surface area contributed by atoms with Crippen molar-refractivity contribution in [3.05, 3.63) is 102 Å². The number of para-hydroxylation sites is 1. The highest BCUT2D eigenvalue weighted by atomic mass is 32.2. The molecular weight excluding hydrogens is 423 g/mol. The predicted octanol–water partition coefficient (Wildman–Crippen LogP) is 5.76. The number of hydrogen-bond donors (Lipinski definition) is 1. The van der Waals surface area contributed by atoms with Gasteiger partial charge in [0.2, 0.25) is 5.91 Å². The zero-order valence-corrected chi connectivity index (χ0v) is 18.0. The molecule has 1 fully saturated rings. The SMILES string of the molecule is O=C(Nc1ccc(F)cc1)[C@H](Sc1nnc(C2CC2)n1-c1ccccc1)c1ccccc1. The van der Waals surface area contributed by atoms with E-state index in [1.165, 1.54) is 23.9 Å². The molecule has 32 heavy (non-hydrogen) atoms. The second-order valence-electron chi connectivity index (χ2n) is 7.69. The third-order valence-electron chi connectivity index (χ3n) is 5.29. The molecule has 1 amide bonds. The van der Waals surface area contributed by atoms with Crippen molar-refractivity contribution >= 4 is 23.4 Å². The van der Waals surface area contributed by atoms with Gasteiger partial charge < -0.3 is 5.32 Å². The van der Waals surface area contributed by atoms with Crippen molar-refractivity contribution in [1.29, 1.82) is 0 Å². The van der Waals surface area contributed by atoms with E-state index in [1.807, 2.05) is 60.7 Å². The molecule has 0 unspecified atom stereocenters. The summed E-state index contributed by atoms with van der Waals surface area (Å²) in [4.78, 5) is 13.3. The van der Waals surface area contributed by atoms with Crippen LogP contribution < -0.4 is 5.32 Å². The fraction of sp³-hybridized carbons (Fsp3) is 0.160. The summed E-state index contributed by atoms with van der Waals surface area (Å²) in [5.41, 5.74) is 2.38. The molecule has 1 N–H and O–H groups in total. The Kier molecular flexibility index (Phi) is 5.73. The number of hydrogen-bond acceptors (Lipinski definition) is 4. The molecule has 0 spiro atoms. The van der Waals surface area contributed by atoms with Gasteiger partial charge >= 0.3 is 0 Å². The first-order valence-electron chi connectivity index (χ1n) is 10.5. The van der Waals surface area contributed by atoms with Crippen LogP contribution in [-0.4, -0.2) is 20.7 Å². The number of carbonyl (C=O) groups is 1. The van der Waals surface area contributed by atoms with E-state index in [4.69, 9.17) is 0 Å². The lowest BCUT2D eigenvalue weighted by atomic mass is 10.1. The summed E-state index contributed by atoms with van der Waals surface area (Å²) in [6.45, 7) is 0. The molecule has 0 bridgehead atoms. The van der Waals surface area contributed by atoms with E-state index in [-0.39, 0.29) is 11.7 Å². The summed E-state index contributed by atoms with van der Waals surface area (Å²) in [5.74, 6) is 0.786. The van der Waals surface area contributed by atoms with Gasteiger partial charge in [-0.05, 0) is 54.8 Å². The van der Waals surface area contributed by atoms with Gasteiger partial charge in [-0.15, -0.1) is 10.2 Å². The molecule has 1 aliphatic rings. The number of halogens is 1. The fourth-order valence-electron chi connectivity index (χ4n) is 3.53. The molecule has 0 saturated heterocycles. The minimum atomic E-state index is -0.556. The van der Waals surface area contributed by atoms with Crippen LogP contribution in [0.4, 0.5) is 10.1 Å². The van der Waals surface area contributed by atoms with Gasteiger partial charge in [0, 0.05) is 17.3 Å². The lowest BCUT2D eigenvalue weighted by Gasteiger charge is -2.18. The van der Waals surface area contributed by atoms with Gasteiger partial charge in [-0.25, -0.2) is 4.39 Å². The van der Waals surface area contributed by atoms with E-state index in [1.54, 1.807) is 12.1 Å². The molecule has 5 rings (SSSR count). The van der Waals surface area contributed by atoms with E-state index >= 15 is 0 Å². The monoisotopic (exact) mass is 444 g/mol. The number of aromatic nitrogens is 3. The van der Waals surface area contributed by atoms with Gasteiger partial charge in [-0.1, -0.05) is 60.3 Å². The Hall–Kier alpha value is -3.45. The minimum Gasteiger partial charge on any atom is -0.325 e. The molecule has 1 atom stereocenters. The van der Waals surface area contributed by atoms with Crippen LogP contribution in [0.1, 0.15) is 35.4 Å². The molecule has 5 nitrogen and oxygen atoms in total. The van der Waals surface area contributed by atoms with Gasteiger partial charge in [0.25, 0.3) is 0 Å². The predicted molar refractivity (Wildman–Crippen MR) is 123 cm³/mol. The van der Waals surface area contributed by atoms with Crippen molar-refractivity contribution in [3.8, 4) is 5.69 Å². The Morgan fingerprint density at radius 3 is 2.25 bits per heavy atom. The number of benzene rings is 3. The van der Waals surface area contributed by atoms with Gasteiger partial charge in [0.1, 0.15) is 16.9 Å². The first-order valence-corrected chi connectivity index (χ1v) is 11.4. The zero-order valence-electron chi connectivity index (χ0n) is 17.2. The molecule has 0 radical (unpaired) electrons. The van der Waals surface area contributed by atoms with E-state index in [2.05, 4.69) is 20.1 Å².